The lowest BCUT2D eigenvalue weighted by molar-refractivity contribution is -0.133. The maximum atomic E-state index is 11.3. The van der Waals surface area contributed by atoms with Gasteiger partial charge in [0.1, 0.15) is 11.2 Å². The van der Waals surface area contributed by atoms with Gasteiger partial charge in [-0.3, -0.25) is 0 Å². The van der Waals surface area contributed by atoms with E-state index in [0.29, 0.717) is 0 Å². The van der Waals surface area contributed by atoms with Gasteiger partial charge < -0.3 is 10.2 Å². The van der Waals surface area contributed by atoms with Gasteiger partial charge in [-0.15, -0.1) is 0 Å². The van der Waals surface area contributed by atoms with E-state index in [0.717, 1.165) is 38.5 Å². The van der Waals surface area contributed by atoms with Crippen LogP contribution in [0.2, 0.25) is 0 Å². The summed E-state index contributed by atoms with van der Waals surface area (Å²) in [6, 6.07) is 0. The van der Waals surface area contributed by atoms with Crippen molar-refractivity contribution in [2.75, 3.05) is 0 Å². The van der Waals surface area contributed by atoms with E-state index in [1.807, 2.05) is 0 Å². The maximum Gasteiger partial charge on any atom is 0.136 e. The molecule has 0 spiro atoms. The van der Waals surface area contributed by atoms with Crippen LogP contribution in [0.3, 0.4) is 0 Å². The summed E-state index contributed by atoms with van der Waals surface area (Å²) < 4.78 is 0. The van der Waals surface area contributed by atoms with Gasteiger partial charge in [-0.05, 0) is 49.4 Å². The number of hydrogen-bond donors (Lipinski definition) is 2. The van der Waals surface area contributed by atoms with Crippen molar-refractivity contribution < 1.29 is 10.2 Å². The maximum absolute atomic E-state index is 11.3. The molecule has 0 unspecified atom stereocenters. The average molecular weight is 383 g/mol. The molecular weight excluding hydrogens is 344 g/mol. The number of aliphatic hydroxyl groups is 2. The number of hydrogen-bond acceptors (Lipinski definition) is 2. The molecule has 0 aromatic heterocycles. The standard InChI is InChI=1S/C26H38O2/c1-21(2)15-13-16-22(3,4)25(21,27)19-11-9-10-12-20-26(28)23(5,6)17-14-18-24(26,7)8/h27-28H,13-18H2,1-8H3. The molecule has 0 aromatic carbocycles. The zero-order chi connectivity index (χ0) is 21.5. The smallest absolute Gasteiger partial charge is 0.136 e. The highest BCUT2D eigenvalue weighted by atomic mass is 16.3. The molecule has 154 valence electrons. The lowest BCUT2D eigenvalue weighted by Crippen LogP contribution is -2.57. The van der Waals surface area contributed by atoms with Crippen molar-refractivity contribution in [3.8, 4) is 35.5 Å². The van der Waals surface area contributed by atoms with Crippen LogP contribution in [0.15, 0.2) is 0 Å². The second-order valence-electron chi connectivity index (χ2n) is 11.4. The van der Waals surface area contributed by atoms with Crippen molar-refractivity contribution in [3.05, 3.63) is 0 Å². The fourth-order valence-electron chi connectivity index (χ4n) is 5.48. The van der Waals surface area contributed by atoms with Crippen molar-refractivity contribution in [1.29, 1.82) is 0 Å². The molecule has 0 atom stereocenters. The molecule has 0 radical (unpaired) electrons. The van der Waals surface area contributed by atoms with E-state index in [1.54, 1.807) is 0 Å². The molecule has 2 N–H and O–H groups in total. The molecule has 2 saturated carbocycles. The quantitative estimate of drug-likeness (QED) is 0.583. The van der Waals surface area contributed by atoms with Gasteiger partial charge >= 0.3 is 0 Å². The van der Waals surface area contributed by atoms with Crippen LogP contribution in [-0.4, -0.2) is 21.4 Å². The molecule has 2 fully saturated rings. The van der Waals surface area contributed by atoms with Crippen LogP contribution in [-0.2, 0) is 0 Å². The van der Waals surface area contributed by atoms with Crippen molar-refractivity contribution in [2.45, 2.75) is 105 Å². The molecule has 28 heavy (non-hydrogen) atoms. The molecule has 2 nitrogen and oxygen atoms in total. The predicted octanol–water partition coefficient (Wildman–Crippen LogP) is 4.93. The molecule has 0 amide bonds. The van der Waals surface area contributed by atoms with Gasteiger partial charge in [-0.2, -0.15) is 0 Å². The molecule has 2 aliphatic rings. The zero-order valence-electron chi connectivity index (χ0n) is 19.1. The topological polar surface area (TPSA) is 40.5 Å². The van der Waals surface area contributed by atoms with Crippen LogP contribution in [0.1, 0.15) is 93.9 Å². The highest BCUT2D eigenvalue weighted by molar-refractivity contribution is 5.41. The minimum Gasteiger partial charge on any atom is -0.376 e. The fraction of sp³-hybridized carbons (Fsp3) is 0.769. The first kappa shape index (κ1) is 22.9. The van der Waals surface area contributed by atoms with E-state index in [-0.39, 0.29) is 21.7 Å². The lowest BCUT2D eigenvalue weighted by Gasteiger charge is -2.53. The highest BCUT2D eigenvalue weighted by Crippen LogP contribution is 2.54. The Labute approximate surface area is 172 Å². The normalized spacial score (nSPS) is 27.6. The summed E-state index contributed by atoms with van der Waals surface area (Å²) in [5, 5.41) is 22.7. The van der Waals surface area contributed by atoms with E-state index >= 15 is 0 Å². The van der Waals surface area contributed by atoms with Crippen molar-refractivity contribution >= 4 is 0 Å². The van der Waals surface area contributed by atoms with Gasteiger partial charge in [0.2, 0.25) is 0 Å². The molecule has 2 aliphatic carbocycles. The first-order valence-electron chi connectivity index (χ1n) is 10.6. The lowest BCUT2D eigenvalue weighted by atomic mass is 9.54. The molecule has 2 rings (SSSR count). The third kappa shape index (κ3) is 3.61. The van der Waals surface area contributed by atoms with Gasteiger partial charge in [0.15, 0.2) is 0 Å². The SMILES string of the molecule is CC1(C)CCCC(C)(C)C1(O)C#CC#CC#CC1(O)C(C)(C)CCCC1(C)C. The first-order valence-corrected chi connectivity index (χ1v) is 10.6. The Bertz CT molecular complexity index is 693. The van der Waals surface area contributed by atoms with Gasteiger partial charge in [-0.1, -0.05) is 80.1 Å². The summed E-state index contributed by atoms with van der Waals surface area (Å²) in [6.45, 7) is 16.7. The largest absolute Gasteiger partial charge is 0.376 e. The summed E-state index contributed by atoms with van der Waals surface area (Å²) >= 11 is 0. The van der Waals surface area contributed by atoms with Crippen LogP contribution in [0.4, 0.5) is 0 Å². The second-order valence-corrected chi connectivity index (χ2v) is 11.4. The minimum atomic E-state index is -1.08. The molecule has 2 heteroatoms. The Morgan fingerprint density at radius 2 is 0.714 bits per heavy atom. The van der Waals surface area contributed by atoms with Crippen LogP contribution in [0, 0.1) is 57.2 Å². The Morgan fingerprint density at radius 1 is 0.464 bits per heavy atom. The van der Waals surface area contributed by atoms with Crippen LogP contribution in [0.25, 0.3) is 0 Å². The highest BCUT2D eigenvalue weighted by Gasteiger charge is 2.56. The average Bonchev–Trinajstić information content (AvgIpc) is 2.53. The first-order chi connectivity index (χ1) is 12.6. The summed E-state index contributed by atoms with van der Waals surface area (Å²) in [5.41, 5.74) is -3.26. The van der Waals surface area contributed by atoms with Crippen LogP contribution in [0.5, 0.6) is 0 Å². The van der Waals surface area contributed by atoms with Crippen molar-refractivity contribution in [3.63, 3.8) is 0 Å². The fourth-order valence-corrected chi connectivity index (χ4v) is 5.48. The Kier molecular flexibility index (Phi) is 5.83. The van der Waals surface area contributed by atoms with E-state index in [1.165, 1.54) is 0 Å². The summed E-state index contributed by atoms with van der Waals surface area (Å²) in [5.74, 6) is 17.4. The van der Waals surface area contributed by atoms with E-state index in [4.69, 9.17) is 0 Å². The second kappa shape index (κ2) is 7.13. The molecule has 0 saturated heterocycles. The Morgan fingerprint density at radius 3 is 0.964 bits per heavy atom. The third-order valence-electron chi connectivity index (χ3n) is 7.80. The minimum absolute atomic E-state index is 0.277. The summed E-state index contributed by atoms with van der Waals surface area (Å²) in [7, 11) is 0. The van der Waals surface area contributed by atoms with E-state index < -0.39 is 11.2 Å². The van der Waals surface area contributed by atoms with Gasteiger partial charge in [0, 0.05) is 21.7 Å². The molecule has 0 aliphatic heterocycles. The predicted molar refractivity (Wildman–Crippen MR) is 116 cm³/mol. The van der Waals surface area contributed by atoms with Gasteiger partial charge in [0.25, 0.3) is 0 Å². The Balaban J connectivity index is 2.29. The Hall–Kier alpha value is -1.40. The van der Waals surface area contributed by atoms with Crippen molar-refractivity contribution in [2.24, 2.45) is 21.7 Å². The van der Waals surface area contributed by atoms with Gasteiger partial charge in [0.05, 0.1) is 0 Å². The molecular formula is C26H38O2. The summed E-state index contributed by atoms with van der Waals surface area (Å²) in [6.07, 6.45) is 6.01. The number of rotatable bonds is 0. The van der Waals surface area contributed by atoms with E-state index in [2.05, 4.69) is 90.9 Å². The van der Waals surface area contributed by atoms with E-state index in [9.17, 15) is 10.2 Å². The van der Waals surface area contributed by atoms with Gasteiger partial charge in [-0.25, -0.2) is 0 Å². The third-order valence-corrected chi connectivity index (χ3v) is 7.80. The molecule has 0 heterocycles. The molecule has 0 bridgehead atoms. The monoisotopic (exact) mass is 382 g/mol. The van der Waals surface area contributed by atoms with Crippen molar-refractivity contribution in [1.82, 2.24) is 0 Å². The summed E-state index contributed by atoms with van der Waals surface area (Å²) in [4.78, 5) is 0. The zero-order valence-corrected chi connectivity index (χ0v) is 19.1. The molecule has 0 aromatic rings. The van der Waals surface area contributed by atoms with Crippen LogP contribution < -0.4 is 0 Å². The van der Waals surface area contributed by atoms with Crippen LogP contribution >= 0.6 is 0 Å².